The number of carboxylic acid groups (broad SMARTS) is 1. The van der Waals surface area contributed by atoms with Crippen LogP contribution in [-0.2, 0) is 16.4 Å². The summed E-state index contributed by atoms with van der Waals surface area (Å²) in [5.41, 5.74) is 0.727. The number of hydrogen-bond acceptors (Lipinski definition) is 4. The summed E-state index contributed by atoms with van der Waals surface area (Å²) in [4.78, 5) is 15.4. The van der Waals surface area contributed by atoms with Gasteiger partial charge in [0.05, 0.1) is 5.75 Å². The Morgan fingerprint density at radius 3 is 2.58 bits per heavy atom. The van der Waals surface area contributed by atoms with Crippen LogP contribution < -0.4 is 0 Å². The normalized spacial score (nSPS) is 16.2. The van der Waals surface area contributed by atoms with Crippen LogP contribution in [0.5, 0.6) is 0 Å². The molecule has 0 saturated carbocycles. The zero-order chi connectivity index (χ0) is 13.6. The zero-order valence-corrected chi connectivity index (χ0v) is 10.6. The molecular weight excluding hydrogens is 268 g/mol. The maximum Gasteiger partial charge on any atom is 0.354 e. The fourth-order valence-corrected chi connectivity index (χ4v) is 3.55. The van der Waals surface area contributed by atoms with Gasteiger partial charge in [0.15, 0.2) is 5.69 Å². The summed E-state index contributed by atoms with van der Waals surface area (Å²) < 4.78 is 24.9. The van der Waals surface area contributed by atoms with Crippen molar-refractivity contribution in [1.29, 1.82) is 0 Å². The van der Waals surface area contributed by atoms with E-state index >= 15 is 0 Å². The molecule has 0 amide bonds. The molecule has 2 aromatic rings. The third-order valence-corrected chi connectivity index (χ3v) is 4.63. The van der Waals surface area contributed by atoms with E-state index < -0.39 is 15.8 Å². The first-order valence-electron chi connectivity index (χ1n) is 5.63. The average molecular weight is 278 g/mol. The summed E-state index contributed by atoms with van der Waals surface area (Å²) in [7, 11) is -3.46. The Morgan fingerprint density at radius 2 is 1.95 bits per heavy atom. The maximum atomic E-state index is 11.8. The number of aromatic nitrogens is 2. The first kappa shape index (κ1) is 11.9. The largest absolute Gasteiger partial charge is 0.477 e. The van der Waals surface area contributed by atoms with Crippen LogP contribution >= 0.6 is 0 Å². The quantitative estimate of drug-likeness (QED) is 0.886. The van der Waals surface area contributed by atoms with Gasteiger partial charge in [0.25, 0.3) is 0 Å². The number of aromatic carboxylic acids is 1. The Kier molecular flexibility index (Phi) is 2.46. The number of rotatable bonds is 2. The minimum absolute atomic E-state index is 0.0673. The van der Waals surface area contributed by atoms with Crippen LogP contribution in [0.15, 0.2) is 35.5 Å². The molecular formula is C12H10N2O4S. The molecule has 0 saturated heterocycles. The number of carboxylic acids is 1. The molecule has 98 valence electrons. The standard InChI is InChI=1S/C12H10N2O4S/c15-11(16)10-9(8-4-2-1-3-5-8)13-12-14(10)6-7-19(12,17)18/h1-5H,6-7H2,(H,15,16). The van der Waals surface area contributed by atoms with E-state index in [9.17, 15) is 18.3 Å². The first-order chi connectivity index (χ1) is 9.00. The molecule has 7 heteroatoms. The van der Waals surface area contributed by atoms with Crippen molar-refractivity contribution >= 4 is 15.8 Å². The summed E-state index contributed by atoms with van der Waals surface area (Å²) in [6.07, 6.45) is 0. The number of hydrogen-bond donors (Lipinski definition) is 1. The number of nitrogens with zero attached hydrogens (tertiary/aromatic N) is 2. The molecule has 0 bridgehead atoms. The molecule has 1 N–H and O–H groups in total. The van der Waals surface area contributed by atoms with E-state index in [1.54, 1.807) is 30.3 Å². The summed E-state index contributed by atoms with van der Waals surface area (Å²) >= 11 is 0. The molecule has 0 atom stereocenters. The van der Waals surface area contributed by atoms with Crippen molar-refractivity contribution < 1.29 is 18.3 Å². The zero-order valence-electron chi connectivity index (χ0n) is 9.78. The topological polar surface area (TPSA) is 89.3 Å². The highest BCUT2D eigenvalue weighted by atomic mass is 32.2. The number of imidazole rings is 1. The number of fused-ring (bicyclic) bond motifs is 1. The van der Waals surface area contributed by atoms with Crippen molar-refractivity contribution in [3.63, 3.8) is 0 Å². The van der Waals surface area contributed by atoms with Crippen molar-refractivity contribution in [2.24, 2.45) is 0 Å². The Hall–Kier alpha value is -2.15. The summed E-state index contributed by atoms with van der Waals surface area (Å²) in [6, 6.07) is 8.71. The van der Waals surface area contributed by atoms with Gasteiger partial charge in [0.1, 0.15) is 5.69 Å². The Bertz CT molecular complexity index is 763. The van der Waals surface area contributed by atoms with Gasteiger partial charge in [-0.2, -0.15) is 0 Å². The lowest BCUT2D eigenvalue weighted by Crippen LogP contribution is -2.08. The van der Waals surface area contributed by atoms with Crippen LogP contribution in [0.3, 0.4) is 0 Å². The van der Waals surface area contributed by atoms with Crippen molar-refractivity contribution in [2.45, 2.75) is 11.7 Å². The molecule has 3 rings (SSSR count). The van der Waals surface area contributed by atoms with E-state index in [4.69, 9.17) is 0 Å². The molecule has 0 aliphatic carbocycles. The molecule has 0 spiro atoms. The third kappa shape index (κ3) is 1.74. The molecule has 1 aliphatic heterocycles. The lowest BCUT2D eigenvalue weighted by Gasteiger charge is -2.02. The molecule has 0 radical (unpaired) electrons. The van der Waals surface area contributed by atoms with Gasteiger partial charge in [-0.3, -0.25) is 0 Å². The predicted octanol–water partition coefficient (Wildman–Crippen LogP) is 1.04. The van der Waals surface area contributed by atoms with Crippen LogP contribution in [-0.4, -0.2) is 34.8 Å². The van der Waals surface area contributed by atoms with Crippen LogP contribution in [0.4, 0.5) is 0 Å². The fourth-order valence-electron chi connectivity index (χ4n) is 2.19. The van der Waals surface area contributed by atoms with Gasteiger partial charge in [-0.1, -0.05) is 30.3 Å². The van der Waals surface area contributed by atoms with Gasteiger partial charge >= 0.3 is 5.97 Å². The second-order valence-electron chi connectivity index (χ2n) is 4.23. The number of carbonyl (C=O) groups is 1. The molecule has 19 heavy (non-hydrogen) atoms. The monoisotopic (exact) mass is 278 g/mol. The van der Waals surface area contributed by atoms with Gasteiger partial charge < -0.3 is 9.67 Å². The number of sulfone groups is 1. The second-order valence-corrected chi connectivity index (χ2v) is 6.24. The van der Waals surface area contributed by atoms with E-state index in [1.807, 2.05) is 0 Å². The molecule has 0 fully saturated rings. The highest BCUT2D eigenvalue weighted by Crippen LogP contribution is 2.29. The highest BCUT2D eigenvalue weighted by molar-refractivity contribution is 7.91. The lowest BCUT2D eigenvalue weighted by atomic mass is 10.1. The van der Waals surface area contributed by atoms with Gasteiger partial charge in [-0.05, 0) is 0 Å². The van der Waals surface area contributed by atoms with Crippen molar-refractivity contribution in [1.82, 2.24) is 9.55 Å². The van der Waals surface area contributed by atoms with Crippen LogP contribution in [0.25, 0.3) is 11.3 Å². The Labute approximate surface area is 109 Å². The maximum absolute atomic E-state index is 11.8. The van der Waals surface area contributed by atoms with E-state index in [0.717, 1.165) is 0 Å². The van der Waals surface area contributed by atoms with Gasteiger partial charge in [-0.25, -0.2) is 18.2 Å². The average Bonchev–Trinajstić information content (AvgIpc) is 2.89. The van der Waals surface area contributed by atoms with E-state index in [0.29, 0.717) is 5.56 Å². The number of benzene rings is 1. The smallest absolute Gasteiger partial charge is 0.354 e. The molecule has 1 aromatic heterocycles. The van der Waals surface area contributed by atoms with Crippen LogP contribution in [0, 0.1) is 0 Å². The van der Waals surface area contributed by atoms with Crippen molar-refractivity contribution in [2.75, 3.05) is 5.75 Å². The van der Waals surface area contributed by atoms with Gasteiger partial charge in [0, 0.05) is 12.1 Å². The molecule has 0 unspecified atom stereocenters. The molecule has 1 aliphatic rings. The molecule has 1 aromatic carbocycles. The van der Waals surface area contributed by atoms with Crippen LogP contribution in [0.1, 0.15) is 10.5 Å². The first-order valence-corrected chi connectivity index (χ1v) is 7.28. The summed E-state index contributed by atoms with van der Waals surface area (Å²) in [5, 5.41) is 9.15. The summed E-state index contributed by atoms with van der Waals surface area (Å²) in [5.74, 6) is -1.26. The molecule has 6 nitrogen and oxygen atoms in total. The summed E-state index contributed by atoms with van der Waals surface area (Å²) in [6.45, 7) is 0.138. The Morgan fingerprint density at radius 1 is 1.26 bits per heavy atom. The fraction of sp³-hybridized carbons (Fsp3) is 0.167. The lowest BCUT2D eigenvalue weighted by molar-refractivity contribution is 0.0685. The predicted molar refractivity (Wildman–Crippen MR) is 66.7 cm³/mol. The van der Waals surface area contributed by atoms with E-state index in [-0.39, 0.29) is 28.8 Å². The second kappa shape index (κ2) is 3.92. The minimum atomic E-state index is -3.46. The van der Waals surface area contributed by atoms with Crippen LogP contribution in [0.2, 0.25) is 0 Å². The SMILES string of the molecule is O=C(O)c1c(-c2ccccc2)nc2n1CCS2(=O)=O. The van der Waals surface area contributed by atoms with E-state index in [1.165, 1.54) is 4.57 Å². The molecule has 2 heterocycles. The van der Waals surface area contributed by atoms with Crippen molar-refractivity contribution in [3.05, 3.63) is 36.0 Å². The third-order valence-electron chi connectivity index (χ3n) is 3.04. The minimum Gasteiger partial charge on any atom is -0.477 e. The van der Waals surface area contributed by atoms with Crippen molar-refractivity contribution in [3.8, 4) is 11.3 Å². The van der Waals surface area contributed by atoms with E-state index in [2.05, 4.69) is 4.98 Å². The van der Waals surface area contributed by atoms with Gasteiger partial charge in [0.2, 0.25) is 15.0 Å². The van der Waals surface area contributed by atoms with Gasteiger partial charge in [-0.15, -0.1) is 0 Å². The highest BCUT2D eigenvalue weighted by Gasteiger charge is 2.35. The Balaban J connectivity index is 2.31.